The molecule has 0 aliphatic carbocycles. The Balaban J connectivity index is 2.42. The molecule has 98 valence electrons. The molecule has 0 aromatic carbocycles. The lowest BCUT2D eigenvalue weighted by Crippen LogP contribution is -2.13. The van der Waals surface area contributed by atoms with Crippen LogP contribution in [0.2, 0.25) is 5.02 Å². The summed E-state index contributed by atoms with van der Waals surface area (Å²) in [7, 11) is 1.81. The highest BCUT2D eigenvalue weighted by Crippen LogP contribution is 2.28. The highest BCUT2D eigenvalue weighted by atomic mass is 35.5. The van der Waals surface area contributed by atoms with E-state index in [0.717, 1.165) is 18.7 Å². The number of rotatable bonds is 4. The van der Waals surface area contributed by atoms with Crippen molar-refractivity contribution in [1.29, 1.82) is 0 Å². The van der Waals surface area contributed by atoms with Crippen molar-refractivity contribution in [2.75, 3.05) is 0 Å². The van der Waals surface area contributed by atoms with Gasteiger partial charge >= 0.3 is 0 Å². The third-order valence-electron chi connectivity index (χ3n) is 2.85. The van der Waals surface area contributed by atoms with Crippen LogP contribution in [0.4, 0.5) is 0 Å². The minimum absolute atomic E-state index is 0.481. The first-order chi connectivity index (χ1) is 8.54. The van der Waals surface area contributed by atoms with Gasteiger partial charge in [-0.3, -0.25) is 9.36 Å². The van der Waals surface area contributed by atoms with Crippen LogP contribution >= 0.6 is 11.6 Å². The first-order valence-corrected chi connectivity index (χ1v) is 6.32. The van der Waals surface area contributed by atoms with Gasteiger partial charge in [-0.15, -0.1) is 0 Å². The van der Waals surface area contributed by atoms with Crippen molar-refractivity contribution < 1.29 is 5.11 Å². The topological polar surface area (TPSA) is 55.9 Å². The van der Waals surface area contributed by atoms with E-state index in [9.17, 15) is 5.11 Å². The summed E-state index contributed by atoms with van der Waals surface area (Å²) in [5.41, 5.74) is 2.21. The van der Waals surface area contributed by atoms with Crippen molar-refractivity contribution >= 4 is 11.6 Å². The molecule has 0 aliphatic heterocycles. The van der Waals surface area contributed by atoms with Crippen molar-refractivity contribution in [3.05, 3.63) is 34.4 Å². The second-order valence-corrected chi connectivity index (χ2v) is 4.74. The Labute approximate surface area is 111 Å². The van der Waals surface area contributed by atoms with E-state index in [1.165, 1.54) is 0 Å². The molecule has 18 heavy (non-hydrogen) atoms. The molecule has 0 bridgehead atoms. The Morgan fingerprint density at radius 1 is 1.50 bits per heavy atom. The van der Waals surface area contributed by atoms with Gasteiger partial charge in [0.25, 0.3) is 0 Å². The van der Waals surface area contributed by atoms with E-state index >= 15 is 0 Å². The summed E-state index contributed by atoms with van der Waals surface area (Å²) in [4.78, 5) is 0. The lowest BCUT2D eigenvalue weighted by atomic mass is 10.1. The van der Waals surface area contributed by atoms with Crippen molar-refractivity contribution in [2.24, 2.45) is 7.05 Å². The molecule has 0 aliphatic rings. The minimum atomic E-state index is -0.808. The fourth-order valence-corrected chi connectivity index (χ4v) is 2.30. The molecule has 1 atom stereocenters. The zero-order valence-corrected chi connectivity index (χ0v) is 11.5. The fourth-order valence-electron chi connectivity index (χ4n) is 2.06. The van der Waals surface area contributed by atoms with Gasteiger partial charge in [-0.25, -0.2) is 0 Å². The SMILES string of the molecule is CCCn1ncc(Cl)c1C(O)c1cc(C)nn1C. The largest absolute Gasteiger partial charge is 0.380 e. The molecule has 1 unspecified atom stereocenters. The lowest BCUT2D eigenvalue weighted by molar-refractivity contribution is 0.197. The maximum absolute atomic E-state index is 10.5. The van der Waals surface area contributed by atoms with Crippen LogP contribution in [-0.4, -0.2) is 24.7 Å². The maximum atomic E-state index is 10.5. The number of aromatic nitrogens is 4. The highest BCUT2D eigenvalue weighted by Gasteiger charge is 2.22. The average Bonchev–Trinajstić information content (AvgIpc) is 2.82. The molecule has 0 amide bonds. The number of hydrogen-bond acceptors (Lipinski definition) is 3. The van der Waals surface area contributed by atoms with E-state index in [1.807, 2.05) is 13.0 Å². The summed E-state index contributed by atoms with van der Waals surface area (Å²) >= 11 is 6.11. The third kappa shape index (κ3) is 2.28. The molecule has 2 heterocycles. The van der Waals surface area contributed by atoms with Gasteiger partial charge < -0.3 is 5.11 Å². The highest BCUT2D eigenvalue weighted by molar-refractivity contribution is 6.31. The second-order valence-electron chi connectivity index (χ2n) is 4.34. The van der Waals surface area contributed by atoms with E-state index in [4.69, 9.17) is 11.6 Å². The first kappa shape index (κ1) is 13.1. The molecule has 2 rings (SSSR count). The summed E-state index contributed by atoms with van der Waals surface area (Å²) in [5.74, 6) is 0. The quantitative estimate of drug-likeness (QED) is 0.924. The molecule has 0 saturated heterocycles. The molecule has 6 heteroatoms. The van der Waals surface area contributed by atoms with Crippen molar-refractivity contribution in [3.8, 4) is 0 Å². The van der Waals surface area contributed by atoms with Crippen LogP contribution in [0.25, 0.3) is 0 Å². The van der Waals surface area contributed by atoms with Crippen molar-refractivity contribution in [2.45, 2.75) is 32.9 Å². The van der Waals surface area contributed by atoms with Gasteiger partial charge in [-0.2, -0.15) is 10.2 Å². The van der Waals surface area contributed by atoms with Gasteiger partial charge in [0.1, 0.15) is 6.10 Å². The number of hydrogen-bond donors (Lipinski definition) is 1. The normalized spacial score (nSPS) is 12.9. The van der Waals surface area contributed by atoms with Crippen molar-refractivity contribution in [3.63, 3.8) is 0 Å². The van der Waals surface area contributed by atoms with Gasteiger partial charge in [-0.05, 0) is 19.4 Å². The first-order valence-electron chi connectivity index (χ1n) is 5.94. The lowest BCUT2D eigenvalue weighted by Gasteiger charge is -2.14. The van der Waals surface area contributed by atoms with E-state index in [1.54, 1.807) is 22.6 Å². The zero-order valence-electron chi connectivity index (χ0n) is 10.8. The second kappa shape index (κ2) is 5.12. The predicted molar refractivity (Wildman–Crippen MR) is 69.5 cm³/mol. The average molecular weight is 269 g/mol. The molecule has 0 spiro atoms. The molecular formula is C12H17ClN4O. The summed E-state index contributed by atoms with van der Waals surface area (Å²) in [6.45, 7) is 4.68. The molecule has 0 fully saturated rings. The molecule has 5 nitrogen and oxygen atoms in total. The van der Waals surface area contributed by atoms with E-state index < -0.39 is 6.10 Å². The van der Waals surface area contributed by atoms with Crippen LogP contribution in [0.1, 0.15) is 36.5 Å². The predicted octanol–water partition coefficient (Wildman–Crippen LogP) is 2.07. The van der Waals surface area contributed by atoms with Gasteiger partial charge in [-0.1, -0.05) is 18.5 Å². The summed E-state index contributed by atoms with van der Waals surface area (Å²) < 4.78 is 3.41. The number of aliphatic hydroxyl groups excluding tert-OH is 1. The fraction of sp³-hybridized carbons (Fsp3) is 0.500. The van der Waals surface area contributed by atoms with Crippen LogP contribution in [0.15, 0.2) is 12.3 Å². The third-order valence-corrected chi connectivity index (χ3v) is 3.14. The maximum Gasteiger partial charge on any atom is 0.139 e. The van der Waals surface area contributed by atoms with Crippen molar-refractivity contribution in [1.82, 2.24) is 19.6 Å². The molecule has 2 aromatic heterocycles. The van der Waals surface area contributed by atoms with E-state index in [0.29, 0.717) is 16.4 Å². The summed E-state index contributed by atoms with van der Waals surface area (Å²) in [5, 5.41) is 19.4. The van der Waals surface area contributed by atoms with Gasteiger partial charge in [0.2, 0.25) is 0 Å². The zero-order chi connectivity index (χ0) is 13.3. The number of halogens is 1. The summed E-state index contributed by atoms with van der Waals surface area (Å²) in [6, 6.07) is 1.85. The van der Waals surface area contributed by atoms with Crippen LogP contribution in [0.3, 0.4) is 0 Å². The molecule has 1 N–H and O–H groups in total. The summed E-state index contributed by atoms with van der Waals surface area (Å²) in [6.07, 6.45) is 1.69. The Morgan fingerprint density at radius 3 is 2.78 bits per heavy atom. The van der Waals surface area contributed by atoms with E-state index in [-0.39, 0.29) is 0 Å². The van der Waals surface area contributed by atoms with Gasteiger partial charge in [0.15, 0.2) is 0 Å². The smallest absolute Gasteiger partial charge is 0.139 e. The number of nitrogens with zero attached hydrogens (tertiary/aromatic N) is 4. The van der Waals surface area contributed by atoms with Crippen LogP contribution < -0.4 is 0 Å². The molecular weight excluding hydrogens is 252 g/mol. The molecule has 2 aromatic rings. The standard InChI is InChI=1S/C12H17ClN4O/c1-4-5-17-11(9(13)7-14-17)12(18)10-6-8(2)15-16(10)3/h6-7,12,18H,4-5H2,1-3H3. The number of aryl methyl sites for hydroxylation is 3. The molecule has 0 radical (unpaired) electrons. The molecule has 0 saturated carbocycles. The minimum Gasteiger partial charge on any atom is -0.380 e. The Bertz CT molecular complexity index is 546. The Kier molecular flexibility index (Phi) is 3.73. The van der Waals surface area contributed by atoms with Crippen LogP contribution in [-0.2, 0) is 13.6 Å². The monoisotopic (exact) mass is 268 g/mol. The van der Waals surface area contributed by atoms with Crippen LogP contribution in [0.5, 0.6) is 0 Å². The van der Waals surface area contributed by atoms with Gasteiger partial charge in [0, 0.05) is 13.6 Å². The number of aliphatic hydroxyl groups is 1. The van der Waals surface area contributed by atoms with Gasteiger partial charge in [0.05, 0.1) is 28.3 Å². The Hall–Kier alpha value is -1.33. The Morgan fingerprint density at radius 2 is 2.22 bits per heavy atom. The van der Waals surface area contributed by atoms with Crippen LogP contribution in [0, 0.1) is 6.92 Å². The van der Waals surface area contributed by atoms with E-state index in [2.05, 4.69) is 17.1 Å².